The lowest BCUT2D eigenvalue weighted by molar-refractivity contribution is -0.129. The van der Waals surface area contributed by atoms with Gasteiger partial charge in [-0.25, -0.2) is 0 Å². The van der Waals surface area contributed by atoms with E-state index in [0.29, 0.717) is 24.3 Å². The molecule has 3 aromatic rings. The Morgan fingerprint density at radius 3 is 2.47 bits per heavy atom. The summed E-state index contributed by atoms with van der Waals surface area (Å²) in [7, 11) is 0. The molecule has 1 amide bonds. The van der Waals surface area contributed by atoms with Crippen LogP contribution in [0.1, 0.15) is 56.2 Å². The molecule has 0 aliphatic heterocycles. The van der Waals surface area contributed by atoms with E-state index >= 15 is 0 Å². The molecule has 1 saturated carbocycles. The third-order valence-electron chi connectivity index (χ3n) is 6.05. The van der Waals surface area contributed by atoms with Gasteiger partial charge in [0.25, 0.3) is 0 Å². The fourth-order valence-corrected chi connectivity index (χ4v) is 4.81. The average Bonchev–Trinajstić information content (AvgIpc) is 3.55. The topological polar surface area (TPSA) is 51.0 Å². The van der Waals surface area contributed by atoms with Crippen LogP contribution in [0.2, 0.25) is 0 Å². The highest BCUT2D eigenvalue weighted by Crippen LogP contribution is 2.31. The third kappa shape index (κ3) is 5.07. The lowest BCUT2D eigenvalue weighted by Gasteiger charge is -2.23. The second-order valence-corrected chi connectivity index (χ2v) is 9.75. The Bertz CT molecular complexity index is 1070. The Morgan fingerprint density at radius 2 is 1.84 bits per heavy atom. The molecule has 0 atom stereocenters. The highest BCUT2D eigenvalue weighted by Gasteiger charge is 2.32. The predicted molar refractivity (Wildman–Crippen MR) is 131 cm³/mol. The molecule has 6 heteroatoms. The second-order valence-electron chi connectivity index (χ2n) is 8.80. The molecule has 1 aromatic heterocycles. The fraction of sp³-hybridized carbons (Fsp3) is 0.423. The number of aromatic nitrogens is 3. The minimum absolute atomic E-state index is 0.175. The maximum Gasteiger partial charge on any atom is 0.233 e. The summed E-state index contributed by atoms with van der Waals surface area (Å²) in [6.45, 7) is 10.0. The molecule has 0 bridgehead atoms. The van der Waals surface area contributed by atoms with Crippen LogP contribution >= 0.6 is 11.8 Å². The van der Waals surface area contributed by atoms with Gasteiger partial charge in [-0.3, -0.25) is 4.79 Å². The van der Waals surface area contributed by atoms with Gasteiger partial charge in [-0.15, -0.1) is 10.2 Å². The summed E-state index contributed by atoms with van der Waals surface area (Å²) in [6.07, 6.45) is 2.20. The normalized spacial score (nSPS) is 13.5. The van der Waals surface area contributed by atoms with Gasteiger partial charge in [0.2, 0.25) is 5.91 Å². The van der Waals surface area contributed by atoms with Crippen molar-refractivity contribution >= 4 is 17.7 Å². The van der Waals surface area contributed by atoms with Gasteiger partial charge in [-0.1, -0.05) is 74.1 Å². The van der Waals surface area contributed by atoms with Gasteiger partial charge in [0.15, 0.2) is 11.0 Å². The summed E-state index contributed by atoms with van der Waals surface area (Å²) in [6, 6.07) is 17.3. The first-order valence-electron chi connectivity index (χ1n) is 11.5. The largest absolute Gasteiger partial charge is 0.335 e. The van der Waals surface area contributed by atoms with Gasteiger partial charge in [0.05, 0.1) is 5.75 Å². The molecule has 0 radical (unpaired) electrons. The zero-order valence-electron chi connectivity index (χ0n) is 19.4. The molecule has 5 nitrogen and oxygen atoms in total. The smallest absolute Gasteiger partial charge is 0.233 e. The Kier molecular flexibility index (Phi) is 6.99. The molecule has 0 saturated heterocycles. The van der Waals surface area contributed by atoms with Crippen molar-refractivity contribution in [2.24, 2.45) is 0 Å². The first-order valence-corrected chi connectivity index (χ1v) is 12.5. The Morgan fingerprint density at radius 1 is 1.12 bits per heavy atom. The highest BCUT2D eigenvalue weighted by molar-refractivity contribution is 7.99. The summed E-state index contributed by atoms with van der Waals surface area (Å²) in [5.41, 5.74) is 4.78. The first kappa shape index (κ1) is 22.6. The third-order valence-corrected chi connectivity index (χ3v) is 7.00. The summed E-state index contributed by atoms with van der Waals surface area (Å²) in [4.78, 5) is 15.2. The van der Waals surface area contributed by atoms with E-state index in [1.165, 1.54) is 28.5 Å². The zero-order valence-corrected chi connectivity index (χ0v) is 20.2. The van der Waals surface area contributed by atoms with E-state index in [0.717, 1.165) is 35.9 Å². The van der Waals surface area contributed by atoms with Crippen LogP contribution in [0.3, 0.4) is 0 Å². The minimum Gasteiger partial charge on any atom is -0.335 e. The Balaban J connectivity index is 1.44. The SMILES string of the molecule is CCn1c(SCC(=O)N(Cc2ccc(C(C)C)cc2)C2CC2)nnc1-c1ccccc1C. The van der Waals surface area contributed by atoms with Crippen molar-refractivity contribution in [2.75, 3.05) is 5.75 Å². The van der Waals surface area contributed by atoms with Gasteiger partial charge < -0.3 is 9.47 Å². The molecule has 0 spiro atoms. The predicted octanol–water partition coefficient (Wildman–Crippen LogP) is 5.68. The number of hydrogen-bond donors (Lipinski definition) is 0. The van der Waals surface area contributed by atoms with Crippen molar-refractivity contribution in [2.45, 2.75) is 70.7 Å². The molecule has 0 unspecified atom stereocenters. The van der Waals surface area contributed by atoms with Crippen LogP contribution in [0.5, 0.6) is 0 Å². The van der Waals surface area contributed by atoms with Crippen molar-refractivity contribution in [1.82, 2.24) is 19.7 Å². The first-order chi connectivity index (χ1) is 15.5. The lowest BCUT2D eigenvalue weighted by Crippen LogP contribution is -2.34. The van der Waals surface area contributed by atoms with Crippen molar-refractivity contribution in [3.63, 3.8) is 0 Å². The molecule has 0 N–H and O–H groups in total. The number of hydrogen-bond acceptors (Lipinski definition) is 4. The molecular formula is C26H32N4OS. The molecule has 1 heterocycles. The van der Waals surface area contributed by atoms with Crippen LogP contribution < -0.4 is 0 Å². The van der Waals surface area contributed by atoms with Crippen LogP contribution in [0.25, 0.3) is 11.4 Å². The molecule has 168 valence electrons. The summed E-state index contributed by atoms with van der Waals surface area (Å²) >= 11 is 1.49. The van der Waals surface area contributed by atoms with E-state index in [4.69, 9.17) is 0 Å². The van der Waals surface area contributed by atoms with E-state index in [9.17, 15) is 4.79 Å². The van der Waals surface area contributed by atoms with E-state index in [-0.39, 0.29) is 5.91 Å². The Labute approximate surface area is 195 Å². The van der Waals surface area contributed by atoms with Crippen LogP contribution in [-0.4, -0.2) is 37.4 Å². The van der Waals surface area contributed by atoms with Gasteiger partial charge in [-0.2, -0.15) is 0 Å². The number of aryl methyl sites for hydroxylation is 1. The van der Waals surface area contributed by atoms with Crippen molar-refractivity contribution in [3.8, 4) is 11.4 Å². The number of amides is 1. The zero-order chi connectivity index (χ0) is 22.7. The van der Waals surface area contributed by atoms with Crippen molar-refractivity contribution < 1.29 is 4.79 Å². The van der Waals surface area contributed by atoms with Crippen LogP contribution in [0, 0.1) is 6.92 Å². The average molecular weight is 449 g/mol. The number of nitrogens with zero attached hydrogens (tertiary/aromatic N) is 4. The van der Waals surface area contributed by atoms with Gasteiger partial charge >= 0.3 is 0 Å². The molecular weight excluding hydrogens is 416 g/mol. The molecule has 4 rings (SSSR count). The van der Waals surface area contributed by atoms with E-state index in [1.807, 2.05) is 17.0 Å². The molecule has 1 aliphatic rings. The minimum atomic E-state index is 0.175. The summed E-state index contributed by atoms with van der Waals surface area (Å²) in [5, 5.41) is 9.66. The van der Waals surface area contributed by atoms with E-state index in [2.05, 4.69) is 78.9 Å². The molecule has 2 aromatic carbocycles. The van der Waals surface area contributed by atoms with Crippen LogP contribution in [0.15, 0.2) is 53.7 Å². The van der Waals surface area contributed by atoms with Crippen LogP contribution in [-0.2, 0) is 17.9 Å². The second kappa shape index (κ2) is 9.90. The van der Waals surface area contributed by atoms with Gasteiger partial charge in [0, 0.05) is 24.7 Å². The fourth-order valence-electron chi connectivity index (χ4n) is 3.92. The maximum absolute atomic E-state index is 13.2. The van der Waals surface area contributed by atoms with Crippen molar-refractivity contribution in [3.05, 3.63) is 65.2 Å². The molecule has 32 heavy (non-hydrogen) atoms. The highest BCUT2D eigenvalue weighted by atomic mass is 32.2. The number of thioether (sulfide) groups is 1. The quantitative estimate of drug-likeness (QED) is 0.395. The van der Waals surface area contributed by atoms with Gasteiger partial charge in [0.1, 0.15) is 0 Å². The van der Waals surface area contributed by atoms with Crippen molar-refractivity contribution in [1.29, 1.82) is 0 Å². The lowest BCUT2D eigenvalue weighted by atomic mass is 10.0. The molecule has 1 fully saturated rings. The van der Waals surface area contributed by atoms with E-state index in [1.54, 1.807) is 0 Å². The van der Waals surface area contributed by atoms with Crippen LogP contribution in [0.4, 0.5) is 0 Å². The number of carbonyl (C=O) groups is 1. The number of rotatable bonds is 9. The summed E-state index contributed by atoms with van der Waals surface area (Å²) < 4.78 is 2.10. The number of benzene rings is 2. The number of carbonyl (C=O) groups excluding carboxylic acids is 1. The summed E-state index contributed by atoms with van der Waals surface area (Å²) in [5.74, 6) is 1.94. The standard InChI is InChI=1S/C26H32N4OS/c1-5-29-25(23-9-7-6-8-19(23)4)27-28-26(29)32-17-24(31)30(22-14-15-22)16-20-10-12-21(13-11-20)18(2)3/h6-13,18,22H,5,14-17H2,1-4H3. The monoisotopic (exact) mass is 448 g/mol. The van der Waals surface area contributed by atoms with E-state index < -0.39 is 0 Å². The van der Waals surface area contributed by atoms with Gasteiger partial charge in [-0.05, 0) is 49.3 Å². The molecule has 1 aliphatic carbocycles. The Hall–Kier alpha value is -2.60. The maximum atomic E-state index is 13.2.